The number of amides is 1. The summed E-state index contributed by atoms with van der Waals surface area (Å²) in [5, 5.41) is 25.2. The molecule has 2 heterocycles. The van der Waals surface area contributed by atoms with Crippen molar-refractivity contribution in [1.82, 2.24) is 9.88 Å². The first kappa shape index (κ1) is 22.0. The first-order chi connectivity index (χ1) is 14.2. The molecule has 0 radical (unpaired) electrons. The summed E-state index contributed by atoms with van der Waals surface area (Å²) in [6, 6.07) is 0. The third kappa shape index (κ3) is 3.47. The molecule has 2 fully saturated rings. The van der Waals surface area contributed by atoms with E-state index < -0.39 is 11.5 Å². The van der Waals surface area contributed by atoms with Gasteiger partial charge in [0.2, 0.25) is 5.91 Å². The molecule has 1 saturated heterocycles. The highest BCUT2D eigenvalue weighted by atomic mass is 32.1. The van der Waals surface area contributed by atoms with Gasteiger partial charge in [-0.25, -0.2) is 4.98 Å². The number of anilines is 1. The Morgan fingerprint density at radius 3 is 2.63 bits per heavy atom. The van der Waals surface area contributed by atoms with E-state index in [9.17, 15) is 15.0 Å². The lowest BCUT2D eigenvalue weighted by molar-refractivity contribution is -0.147. The Morgan fingerprint density at radius 2 is 2.00 bits per heavy atom. The molecule has 4 rings (SSSR count). The zero-order valence-electron chi connectivity index (χ0n) is 18.8. The number of aliphatic hydroxyl groups is 2. The minimum atomic E-state index is -0.559. The maximum Gasteiger partial charge on any atom is 0.223 e. The summed E-state index contributed by atoms with van der Waals surface area (Å²) in [6.45, 7) is 8.23. The Labute approximate surface area is 184 Å². The van der Waals surface area contributed by atoms with Gasteiger partial charge in [-0.15, -0.1) is 11.3 Å². The van der Waals surface area contributed by atoms with Gasteiger partial charge in [0.15, 0.2) is 5.13 Å². The lowest BCUT2D eigenvalue weighted by Crippen LogP contribution is -2.57. The van der Waals surface area contributed by atoms with Crippen LogP contribution in [0, 0.1) is 22.7 Å². The van der Waals surface area contributed by atoms with Gasteiger partial charge >= 0.3 is 0 Å². The highest BCUT2D eigenvalue weighted by Gasteiger charge is 2.59. The average molecular weight is 436 g/mol. The first-order valence-electron chi connectivity index (χ1n) is 11.5. The van der Waals surface area contributed by atoms with Crippen molar-refractivity contribution < 1.29 is 15.0 Å². The molecule has 1 aromatic heterocycles. The van der Waals surface area contributed by atoms with Crippen molar-refractivity contribution in [2.75, 3.05) is 32.1 Å². The summed E-state index contributed by atoms with van der Waals surface area (Å²) in [5.74, 6) is 1.07. The van der Waals surface area contributed by atoms with Gasteiger partial charge in [0.25, 0.3) is 0 Å². The number of nitrogens with one attached hydrogen (secondary N) is 1. The van der Waals surface area contributed by atoms with Crippen LogP contribution in [-0.2, 0) is 11.2 Å². The molecule has 0 unspecified atom stereocenters. The number of piperidine rings is 1. The molecule has 1 saturated carbocycles. The molecule has 0 spiro atoms. The predicted molar refractivity (Wildman–Crippen MR) is 120 cm³/mol. The summed E-state index contributed by atoms with van der Waals surface area (Å²) >= 11 is 1.66. The molecular formula is C23H37N3O3S. The topological polar surface area (TPSA) is 85.7 Å². The van der Waals surface area contributed by atoms with Gasteiger partial charge in [-0.05, 0) is 49.4 Å². The van der Waals surface area contributed by atoms with Crippen molar-refractivity contribution in [2.24, 2.45) is 22.7 Å². The molecule has 3 aliphatic rings. The lowest BCUT2D eigenvalue weighted by atomic mass is 9.47. The van der Waals surface area contributed by atoms with Crippen LogP contribution in [0.25, 0.3) is 0 Å². The van der Waals surface area contributed by atoms with Crippen LogP contribution >= 0.6 is 11.3 Å². The Kier molecular flexibility index (Phi) is 5.92. The Balaban J connectivity index is 1.69. The fourth-order valence-electron chi connectivity index (χ4n) is 6.31. The van der Waals surface area contributed by atoms with Crippen LogP contribution in [0.15, 0.2) is 0 Å². The number of aromatic nitrogens is 1. The molecular weight excluding hydrogens is 398 g/mol. The van der Waals surface area contributed by atoms with Crippen molar-refractivity contribution in [3.05, 3.63) is 10.6 Å². The second-order valence-electron chi connectivity index (χ2n) is 10.4. The van der Waals surface area contributed by atoms with Gasteiger partial charge < -0.3 is 20.4 Å². The van der Waals surface area contributed by atoms with Crippen molar-refractivity contribution >= 4 is 22.4 Å². The van der Waals surface area contributed by atoms with E-state index in [0.717, 1.165) is 49.6 Å². The van der Waals surface area contributed by atoms with Crippen LogP contribution in [0.1, 0.15) is 69.4 Å². The number of fused-ring (bicyclic) bond motifs is 2. The Morgan fingerprint density at radius 1 is 1.30 bits per heavy atom. The maximum atomic E-state index is 13.4. The van der Waals surface area contributed by atoms with E-state index in [-0.39, 0.29) is 29.8 Å². The van der Waals surface area contributed by atoms with Crippen LogP contribution in [0.4, 0.5) is 5.13 Å². The van der Waals surface area contributed by atoms with Crippen LogP contribution in [0.3, 0.4) is 0 Å². The van der Waals surface area contributed by atoms with Crippen molar-refractivity contribution in [3.8, 4) is 0 Å². The largest absolute Gasteiger partial charge is 0.396 e. The molecule has 1 aliphatic heterocycles. The summed E-state index contributed by atoms with van der Waals surface area (Å²) in [5.41, 5.74) is 0.344. The molecule has 0 aromatic carbocycles. The van der Waals surface area contributed by atoms with E-state index in [2.05, 4.69) is 19.2 Å². The molecule has 168 valence electrons. The maximum absolute atomic E-state index is 13.4. The van der Waals surface area contributed by atoms with Gasteiger partial charge in [-0.1, -0.05) is 20.8 Å². The van der Waals surface area contributed by atoms with E-state index in [1.165, 1.54) is 4.88 Å². The van der Waals surface area contributed by atoms with Gasteiger partial charge in [0.1, 0.15) is 0 Å². The van der Waals surface area contributed by atoms with E-state index in [1.807, 2.05) is 18.9 Å². The highest BCUT2D eigenvalue weighted by molar-refractivity contribution is 7.15. The van der Waals surface area contributed by atoms with Crippen molar-refractivity contribution in [1.29, 1.82) is 0 Å². The van der Waals surface area contributed by atoms with E-state index in [0.29, 0.717) is 18.8 Å². The summed E-state index contributed by atoms with van der Waals surface area (Å²) in [4.78, 5) is 21.5. The number of likely N-dealkylation sites (tertiary alicyclic amines) is 1. The smallest absolute Gasteiger partial charge is 0.223 e. The van der Waals surface area contributed by atoms with Crippen molar-refractivity contribution in [2.45, 2.75) is 71.3 Å². The number of carbonyl (C=O) groups excluding carboxylic acids is 1. The quantitative estimate of drug-likeness (QED) is 0.676. The second kappa shape index (κ2) is 8.06. The molecule has 3 N–H and O–H groups in total. The number of rotatable bonds is 4. The van der Waals surface area contributed by atoms with Gasteiger partial charge in [0.05, 0.1) is 18.4 Å². The number of thiazole rings is 1. The van der Waals surface area contributed by atoms with Gasteiger partial charge in [0, 0.05) is 42.8 Å². The molecule has 5 atom stereocenters. The molecule has 30 heavy (non-hydrogen) atoms. The van der Waals surface area contributed by atoms with Crippen LogP contribution in [0.2, 0.25) is 0 Å². The molecule has 1 aromatic rings. The standard InChI is InChI=1S/C23H37N3O3S/c1-14-6-9-26(10-7-14)19(29)11-15-20-16(30-21(24-4)25-20)12-17-22(15,2)8-5-18(28)23(17,3)13-27/h14-15,17-18,27-28H,5-13H2,1-4H3,(H,24,25)/t15-,17+,18-,22+,23+/m1/s1. The number of hydrogen-bond acceptors (Lipinski definition) is 6. The number of nitrogens with zero attached hydrogens (tertiary/aromatic N) is 2. The minimum absolute atomic E-state index is 0.0230. The average Bonchev–Trinajstić information content (AvgIpc) is 3.16. The molecule has 6 nitrogen and oxygen atoms in total. The normalized spacial score (nSPS) is 36.9. The number of aliphatic hydroxyl groups excluding tert-OH is 2. The fourth-order valence-corrected chi connectivity index (χ4v) is 7.34. The number of hydrogen-bond donors (Lipinski definition) is 3. The van der Waals surface area contributed by atoms with Crippen LogP contribution in [-0.4, -0.2) is 58.9 Å². The summed E-state index contributed by atoms with van der Waals surface area (Å²) in [7, 11) is 1.88. The molecule has 1 amide bonds. The van der Waals surface area contributed by atoms with Gasteiger partial charge in [-0.2, -0.15) is 0 Å². The Hall–Kier alpha value is -1.18. The highest BCUT2D eigenvalue weighted by Crippen LogP contribution is 2.62. The monoisotopic (exact) mass is 435 g/mol. The van der Waals surface area contributed by atoms with E-state index >= 15 is 0 Å². The van der Waals surface area contributed by atoms with Crippen LogP contribution in [0.5, 0.6) is 0 Å². The first-order valence-corrected chi connectivity index (χ1v) is 12.3. The minimum Gasteiger partial charge on any atom is -0.396 e. The summed E-state index contributed by atoms with van der Waals surface area (Å²) < 4.78 is 0. The number of carbonyl (C=O) groups is 1. The predicted octanol–water partition coefficient (Wildman–Crippen LogP) is 3.25. The Bertz CT molecular complexity index is 791. The zero-order valence-corrected chi connectivity index (χ0v) is 19.6. The van der Waals surface area contributed by atoms with Crippen molar-refractivity contribution in [3.63, 3.8) is 0 Å². The third-order valence-electron chi connectivity index (χ3n) is 8.62. The summed E-state index contributed by atoms with van der Waals surface area (Å²) in [6.07, 6.45) is 4.44. The van der Waals surface area contributed by atoms with Gasteiger partial charge in [-0.3, -0.25) is 4.79 Å². The third-order valence-corrected chi connectivity index (χ3v) is 9.73. The molecule has 7 heteroatoms. The fraction of sp³-hybridized carbons (Fsp3) is 0.826. The SMILES string of the molecule is CNc1nc2c(s1)C[C@@H]1[C@](C)(CO)[C@H](O)CC[C@@]1(C)[C@@H]2CC(=O)N1CCC(C)CC1. The molecule has 0 bridgehead atoms. The zero-order chi connectivity index (χ0) is 21.7. The lowest BCUT2D eigenvalue weighted by Gasteiger charge is -2.58. The molecule has 2 aliphatic carbocycles. The second-order valence-corrected chi connectivity index (χ2v) is 11.5. The van der Waals surface area contributed by atoms with E-state index in [4.69, 9.17) is 4.98 Å². The van der Waals surface area contributed by atoms with E-state index in [1.54, 1.807) is 11.3 Å². The van der Waals surface area contributed by atoms with Crippen LogP contribution < -0.4 is 5.32 Å².